The number of hydrogen-bond acceptors (Lipinski definition) is 3. The third-order valence-electron chi connectivity index (χ3n) is 5.17. The molecule has 0 heterocycles. The average Bonchev–Trinajstić information content (AvgIpc) is 2.96. The van der Waals surface area contributed by atoms with Crippen LogP contribution in [0, 0.1) is 23.7 Å². The van der Waals surface area contributed by atoms with E-state index in [0.717, 1.165) is 29.9 Å². The topological polar surface area (TPSA) is 38.7 Å². The van der Waals surface area contributed by atoms with Crippen molar-refractivity contribution in [3.63, 3.8) is 0 Å². The van der Waals surface area contributed by atoms with Gasteiger partial charge in [-0.15, -0.1) is 0 Å². The predicted octanol–water partition coefficient (Wildman–Crippen LogP) is 3.27. The average molecular weight is 255 g/mol. The molecule has 1 aromatic carbocycles. The highest BCUT2D eigenvalue weighted by Crippen LogP contribution is 2.59. The summed E-state index contributed by atoms with van der Waals surface area (Å²) < 4.78 is 0. The lowest BCUT2D eigenvalue weighted by molar-refractivity contribution is 0.0501. The molecule has 0 aromatic heterocycles. The third kappa shape index (κ3) is 1.71. The van der Waals surface area contributed by atoms with Crippen LogP contribution in [0.15, 0.2) is 35.5 Å². The zero-order chi connectivity index (χ0) is 12.8. The van der Waals surface area contributed by atoms with Crippen LogP contribution in [0.5, 0.6) is 0 Å². The normalized spacial score (nSPS) is 36.9. The largest absolute Gasteiger partial charge is 0.365 e. The fourth-order valence-electron chi connectivity index (χ4n) is 4.27. The van der Waals surface area contributed by atoms with E-state index in [1.807, 2.05) is 18.2 Å². The first-order valence-corrected chi connectivity index (χ1v) is 7.16. The summed E-state index contributed by atoms with van der Waals surface area (Å²) in [5.41, 5.74) is 1.69. The molecule has 4 atom stereocenters. The molecule has 0 amide bonds. The van der Waals surface area contributed by atoms with Gasteiger partial charge >= 0.3 is 5.97 Å². The Labute approximate surface area is 112 Å². The van der Waals surface area contributed by atoms with Crippen LogP contribution in [0.25, 0.3) is 0 Å². The molecule has 0 saturated heterocycles. The van der Waals surface area contributed by atoms with Gasteiger partial charge in [0, 0.05) is 5.92 Å². The van der Waals surface area contributed by atoms with Crippen molar-refractivity contribution >= 4 is 11.7 Å². The summed E-state index contributed by atoms with van der Waals surface area (Å²) in [7, 11) is 0. The van der Waals surface area contributed by atoms with E-state index < -0.39 is 0 Å². The van der Waals surface area contributed by atoms with Crippen LogP contribution < -0.4 is 0 Å². The molecule has 0 aliphatic heterocycles. The summed E-state index contributed by atoms with van der Waals surface area (Å²) in [4.78, 5) is 16.9. The highest BCUT2D eigenvalue weighted by Gasteiger charge is 2.56. The van der Waals surface area contributed by atoms with E-state index in [-0.39, 0.29) is 5.97 Å². The van der Waals surface area contributed by atoms with Crippen molar-refractivity contribution < 1.29 is 9.63 Å². The number of hydrogen-bond donors (Lipinski definition) is 0. The molecular formula is C16H17NO2. The van der Waals surface area contributed by atoms with Crippen molar-refractivity contribution in [2.75, 3.05) is 0 Å². The lowest BCUT2D eigenvalue weighted by Crippen LogP contribution is -2.41. The Hall–Kier alpha value is -1.64. The van der Waals surface area contributed by atoms with Crippen LogP contribution in [0.2, 0.25) is 0 Å². The third-order valence-corrected chi connectivity index (χ3v) is 5.17. The molecule has 0 N–H and O–H groups in total. The van der Waals surface area contributed by atoms with E-state index in [1.165, 1.54) is 19.3 Å². The van der Waals surface area contributed by atoms with Crippen molar-refractivity contribution in [3.8, 4) is 0 Å². The van der Waals surface area contributed by atoms with Crippen LogP contribution >= 0.6 is 0 Å². The molecule has 0 radical (unpaired) electrons. The molecule has 19 heavy (non-hydrogen) atoms. The fraction of sp³-hybridized carbons (Fsp3) is 0.500. The monoisotopic (exact) mass is 255 g/mol. The van der Waals surface area contributed by atoms with Crippen LogP contribution in [0.3, 0.4) is 0 Å². The first kappa shape index (κ1) is 11.2. The molecule has 3 saturated carbocycles. The number of carbonyl (C=O) groups excluding carboxylic acids is 1. The minimum atomic E-state index is -0.347. The molecule has 98 valence electrons. The summed E-state index contributed by atoms with van der Waals surface area (Å²) in [6.45, 7) is 0. The quantitative estimate of drug-likeness (QED) is 0.601. The van der Waals surface area contributed by atoms with Gasteiger partial charge < -0.3 is 4.84 Å². The van der Waals surface area contributed by atoms with Crippen LogP contribution in [0.1, 0.15) is 36.0 Å². The van der Waals surface area contributed by atoms with E-state index in [1.54, 1.807) is 12.1 Å². The van der Waals surface area contributed by atoms with Gasteiger partial charge in [0.25, 0.3) is 0 Å². The Balaban J connectivity index is 1.43. The highest BCUT2D eigenvalue weighted by atomic mass is 16.7. The number of carbonyl (C=O) groups is 1. The molecular weight excluding hydrogens is 238 g/mol. The molecule has 3 aliphatic rings. The molecule has 3 heteroatoms. The number of fused-ring (bicyclic) bond motifs is 5. The van der Waals surface area contributed by atoms with Crippen molar-refractivity contribution in [1.29, 1.82) is 0 Å². The minimum absolute atomic E-state index is 0.347. The molecule has 3 fully saturated rings. The second-order valence-electron chi connectivity index (χ2n) is 6.05. The number of oxime groups is 1. The van der Waals surface area contributed by atoms with Crippen molar-refractivity contribution in [1.82, 2.24) is 0 Å². The van der Waals surface area contributed by atoms with Gasteiger partial charge in [0.2, 0.25) is 0 Å². The van der Waals surface area contributed by atoms with Crippen LogP contribution in [0.4, 0.5) is 0 Å². The molecule has 3 nitrogen and oxygen atoms in total. The van der Waals surface area contributed by atoms with Crippen molar-refractivity contribution in [3.05, 3.63) is 35.9 Å². The summed E-state index contributed by atoms with van der Waals surface area (Å²) >= 11 is 0. The molecule has 2 bridgehead atoms. The summed E-state index contributed by atoms with van der Waals surface area (Å²) in [6.07, 6.45) is 5.18. The van der Waals surface area contributed by atoms with E-state index in [4.69, 9.17) is 4.84 Å². The maximum Gasteiger partial charge on any atom is 0.365 e. The fourth-order valence-corrected chi connectivity index (χ4v) is 4.27. The molecule has 0 spiro atoms. The van der Waals surface area contributed by atoms with Crippen molar-refractivity contribution in [2.24, 2.45) is 28.8 Å². The summed E-state index contributed by atoms with van der Waals surface area (Å²) in [6, 6.07) is 9.06. The lowest BCUT2D eigenvalue weighted by atomic mass is 9.64. The van der Waals surface area contributed by atoms with Gasteiger partial charge in [0.1, 0.15) is 0 Å². The Kier molecular flexibility index (Phi) is 2.47. The predicted molar refractivity (Wildman–Crippen MR) is 71.7 cm³/mol. The Morgan fingerprint density at radius 2 is 1.95 bits per heavy atom. The van der Waals surface area contributed by atoms with Gasteiger partial charge in [-0.3, -0.25) is 0 Å². The zero-order valence-electron chi connectivity index (χ0n) is 10.8. The molecule has 2 unspecified atom stereocenters. The van der Waals surface area contributed by atoms with E-state index in [0.29, 0.717) is 11.5 Å². The standard InChI is InChI=1S/C16H17NO2/c18-16(10-4-2-1-3-5-10)19-17-14-9-13-11-6-7-12(8-11)15(13)14/h1-5,11-13,15H,6-9H2/b17-14-/t11-,12+,13?,15?/m1/s1. The van der Waals surface area contributed by atoms with Gasteiger partial charge in [-0.05, 0) is 55.6 Å². The van der Waals surface area contributed by atoms with Gasteiger partial charge in [-0.1, -0.05) is 23.4 Å². The van der Waals surface area contributed by atoms with Gasteiger partial charge in [0.05, 0.1) is 11.3 Å². The van der Waals surface area contributed by atoms with Crippen LogP contribution in [-0.4, -0.2) is 11.7 Å². The summed E-state index contributed by atoms with van der Waals surface area (Å²) in [5, 5.41) is 4.13. The van der Waals surface area contributed by atoms with E-state index in [2.05, 4.69) is 5.16 Å². The smallest absolute Gasteiger partial charge is 0.313 e. The SMILES string of the molecule is O=C(O/N=C1/CC2C1[C@H]1CC[C@@H]2C1)c1ccccc1. The number of nitrogens with zero attached hydrogens (tertiary/aromatic N) is 1. The Morgan fingerprint density at radius 1 is 1.16 bits per heavy atom. The van der Waals surface area contributed by atoms with Crippen molar-refractivity contribution in [2.45, 2.75) is 25.7 Å². The van der Waals surface area contributed by atoms with E-state index >= 15 is 0 Å². The van der Waals surface area contributed by atoms with Gasteiger partial charge in [0.15, 0.2) is 0 Å². The lowest BCUT2D eigenvalue weighted by Gasteiger charge is -2.40. The molecule has 4 rings (SSSR count). The second kappa shape index (κ2) is 4.19. The zero-order valence-corrected chi connectivity index (χ0v) is 10.8. The first-order valence-electron chi connectivity index (χ1n) is 7.16. The van der Waals surface area contributed by atoms with Crippen LogP contribution in [-0.2, 0) is 4.84 Å². The Morgan fingerprint density at radius 3 is 2.74 bits per heavy atom. The highest BCUT2D eigenvalue weighted by molar-refractivity contribution is 5.95. The maximum absolute atomic E-state index is 11.8. The Bertz CT molecular complexity index is 535. The number of rotatable bonds is 2. The second-order valence-corrected chi connectivity index (χ2v) is 6.05. The number of benzene rings is 1. The first-order chi connectivity index (χ1) is 9.33. The molecule has 1 aromatic rings. The van der Waals surface area contributed by atoms with Gasteiger partial charge in [-0.25, -0.2) is 4.79 Å². The van der Waals surface area contributed by atoms with E-state index in [9.17, 15) is 4.79 Å². The van der Waals surface area contributed by atoms with Gasteiger partial charge in [-0.2, -0.15) is 0 Å². The maximum atomic E-state index is 11.8. The molecule has 3 aliphatic carbocycles. The minimum Gasteiger partial charge on any atom is -0.313 e. The summed E-state index contributed by atoms with van der Waals surface area (Å²) in [5.74, 6) is 2.87.